The number of piperazine rings is 1. The summed E-state index contributed by atoms with van der Waals surface area (Å²) >= 11 is 0. The van der Waals surface area contributed by atoms with Gasteiger partial charge >= 0.3 is 6.03 Å². The van der Waals surface area contributed by atoms with Crippen LogP contribution in [0.5, 0.6) is 0 Å². The molecule has 1 aromatic heterocycles. The molecule has 0 bridgehead atoms. The van der Waals surface area contributed by atoms with E-state index in [1.807, 2.05) is 0 Å². The molecule has 2 fully saturated rings. The van der Waals surface area contributed by atoms with E-state index in [2.05, 4.69) is 4.98 Å². The predicted octanol–water partition coefficient (Wildman–Crippen LogP) is -0.313. The van der Waals surface area contributed by atoms with Crippen molar-refractivity contribution in [1.29, 1.82) is 0 Å². The third-order valence-electron chi connectivity index (χ3n) is 4.49. The fourth-order valence-electron chi connectivity index (χ4n) is 3.36. The van der Waals surface area contributed by atoms with E-state index in [-0.39, 0.29) is 23.4 Å². The van der Waals surface area contributed by atoms with Crippen LogP contribution in [-0.4, -0.2) is 90.8 Å². The Labute approximate surface area is 141 Å². The smallest absolute Gasteiger partial charge is 0.319 e. The SMILES string of the molecule is CN(C)C(=O)N1CCN(C(=O)c2ccncc2)[C@@H]2CS(=O)(=O)C[C@@H]21. The molecule has 0 spiro atoms. The van der Waals surface area contributed by atoms with E-state index < -0.39 is 21.9 Å². The number of fused-ring (bicyclic) bond motifs is 1. The second-order valence-corrected chi connectivity index (χ2v) is 8.47. The van der Waals surface area contributed by atoms with Gasteiger partial charge in [-0.25, -0.2) is 13.2 Å². The minimum atomic E-state index is -3.29. The molecule has 3 rings (SSSR count). The van der Waals surface area contributed by atoms with Crippen molar-refractivity contribution >= 4 is 21.8 Å². The van der Waals surface area contributed by atoms with Gasteiger partial charge in [0.1, 0.15) is 0 Å². The van der Waals surface area contributed by atoms with Gasteiger partial charge in [0, 0.05) is 45.1 Å². The molecule has 0 unspecified atom stereocenters. The van der Waals surface area contributed by atoms with Crippen LogP contribution in [0.3, 0.4) is 0 Å². The molecule has 0 aliphatic carbocycles. The maximum atomic E-state index is 12.8. The van der Waals surface area contributed by atoms with Crippen molar-refractivity contribution < 1.29 is 18.0 Å². The van der Waals surface area contributed by atoms with Crippen LogP contribution < -0.4 is 0 Å². The summed E-state index contributed by atoms with van der Waals surface area (Å²) in [6, 6.07) is 1.99. The second-order valence-electron chi connectivity index (χ2n) is 6.32. The molecule has 2 atom stereocenters. The largest absolute Gasteiger partial charge is 0.331 e. The van der Waals surface area contributed by atoms with E-state index >= 15 is 0 Å². The van der Waals surface area contributed by atoms with Gasteiger partial charge in [-0.05, 0) is 12.1 Å². The molecule has 0 N–H and O–H groups in total. The Bertz CT molecular complexity index is 750. The zero-order valence-electron chi connectivity index (χ0n) is 13.6. The number of urea groups is 1. The summed E-state index contributed by atoms with van der Waals surface area (Å²) in [4.78, 5) is 33.6. The average molecular weight is 352 g/mol. The lowest BCUT2D eigenvalue weighted by Gasteiger charge is -2.44. The summed E-state index contributed by atoms with van der Waals surface area (Å²) in [6.45, 7) is 0.641. The standard InChI is InChI=1S/C15H20N4O4S/c1-17(2)15(21)19-8-7-18(12-9-24(22,23)10-13(12)19)14(20)11-3-5-16-6-4-11/h3-6,12-13H,7-10H2,1-2H3/t12-,13+/m1/s1. The zero-order chi connectivity index (χ0) is 17.5. The Kier molecular flexibility index (Phi) is 4.20. The van der Waals surface area contributed by atoms with Crippen LogP contribution >= 0.6 is 0 Å². The van der Waals surface area contributed by atoms with Gasteiger partial charge in [-0.1, -0.05) is 0 Å². The van der Waals surface area contributed by atoms with E-state index in [1.54, 1.807) is 36.0 Å². The van der Waals surface area contributed by atoms with Gasteiger partial charge in [-0.15, -0.1) is 0 Å². The molecule has 1 aromatic rings. The number of carbonyl (C=O) groups is 2. The normalized spacial score (nSPS) is 25.2. The summed E-state index contributed by atoms with van der Waals surface area (Å²) in [5.41, 5.74) is 0.473. The van der Waals surface area contributed by atoms with E-state index in [1.165, 1.54) is 17.3 Å². The Hall–Kier alpha value is -2.16. The number of hydrogen-bond acceptors (Lipinski definition) is 5. The van der Waals surface area contributed by atoms with Gasteiger partial charge < -0.3 is 14.7 Å². The van der Waals surface area contributed by atoms with Gasteiger partial charge in [0.05, 0.1) is 23.6 Å². The lowest BCUT2D eigenvalue weighted by Crippen LogP contribution is -2.63. The lowest BCUT2D eigenvalue weighted by atomic mass is 10.0. The first-order chi connectivity index (χ1) is 11.3. The van der Waals surface area contributed by atoms with Crippen LogP contribution in [0.1, 0.15) is 10.4 Å². The molecule has 8 nitrogen and oxygen atoms in total. The third-order valence-corrected chi connectivity index (χ3v) is 6.19. The van der Waals surface area contributed by atoms with Crippen LogP contribution in [0.15, 0.2) is 24.5 Å². The molecule has 9 heteroatoms. The highest BCUT2D eigenvalue weighted by Crippen LogP contribution is 2.28. The molecule has 3 heterocycles. The van der Waals surface area contributed by atoms with Gasteiger partial charge in [0.15, 0.2) is 9.84 Å². The van der Waals surface area contributed by atoms with Crippen LogP contribution in [0.25, 0.3) is 0 Å². The van der Waals surface area contributed by atoms with E-state index in [0.717, 1.165) is 0 Å². The topological polar surface area (TPSA) is 90.9 Å². The first-order valence-corrected chi connectivity index (χ1v) is 9.51. The molecule has 2 aliphatic heterocycles. The summed E-state index contributed by atoms with van der Waals surface area (Å²) in [5, 5.41) is 0. The molecule has 130 valence electrons. The van der Waals surface area contributed by atoms with Crippen molar-refractivity contribution in [3.8, 4) is 0 Å². The number of sulfone groups is 1. The molecule has 0 saturated carbocycles. The summed E-state index contributed by atoms with van der Waals surface area (Å²) in [5.74, 6) is -0.426. The fraction of sp³-hybridized carbons (Fsp3) is 0.533. The predicted molar refractivity (Wildman–Crippen MR) is 87.3 cm³/mol. The summed E-state index contributed by atoms with van der Waals surface area (Å²) in [7, 11) is -0.0198. The first-order valence-electron chi connectivity index (χ1n) is 7.69. The Morgan fingerprint density at radius 1 is 1.08 bits per heavy atom. The van der Waals surface area contributed by atoms with E-state index in [4.69, 9.17) is 0 Å². The van der Waals surface area contributed by atoms with Crippen molar-refractivity contribution in [2.45, 2.75) is 12.1 Å². The molecule has 2 aliphatic rings. The minimum Gasteiger partial charge on any atom is -0.331 e. The highest BCUT2D eigenvalue weighted by atomic mass is 32.2. The number of hydrogen-bond donors (Lipinski definition) is 0. The van der Waals surface area contributed by atoms with E-state index in [0.29, 0.717) is 18.7 Å². The number of carbonyl (C=O) groups excluding carboxylic acids is 2. The van der Waals surface area contributed by atoms with Gasteiger partial charge in [0.2, 0.25) is 0 Å². The minimum absolute atomic E-state index is 0.0998. The number of nitrogens with zero attached hydrogens (tertiary/aromatic N) is 4. The van der Waals surface area contributed by atoms with Crippen molar-refractivity contribution in [3.05, 3.63) is 30.1 Å². The monoisotopic (exact) mass is 352 g/mol. The highest BCUT2D eigenvalue weighted by molar-refractivity contribution is 7.91. The maximum absolute atomic E-state index is 12.8. The molecule has 0 aromatic carbocycles. The van der Waals surface area contributed by atoms with Gasteiger partial charge in [0.25, 0.3) is 5.91 Å². The van der Waals surface area contributed by atoms with Crippen molar-refractivity contribution in [2.75, 3.05) is 38.7 Å². The Morgan fingerprint density at radius 2 is 1.62 bits per heavy atom. The summed E-state index contributed by atoms with van der Waals surface area (Å²) < 4.78 is 24.3. The molecule has 2 saturated heterocycles. The average Bonchev–Trinajstić information content (AvgIpc) is 2.88. The van der Waals surface area contributed by atoms with Gasteiger partial charge in [-0.2, -0.15) is 0 Å². The van der Waals surface area contributed by atoms with Crippen molar-refractivity contribution in [2.24, 2.45) is 0 Å². The van der Waals surface area contributed by atoms with Crippen molar-refractivity contribution in [1.82, 2.24) is 19.7 Å². The fourth-order valence-corrected chi connectivity index (χ4v) is 5.34. The molecular weight excluding hydrogens is 332 g/mol. The zero-order valence-corrected chi connectivity index (χ0v) is 14.4. The molecule has 0 radical (unpaired) electrons. The van der Waals surface area contributed by atoms with Crippen LogP contribution in [0.2, 0.25) is 0 Å². The number of aromatic nitrogens is 1. The van der Waals surface area contributed by atoms with E-state index in [9.17, 15) is 18.0 Å². The van der Waals surface area contributed by atoms with Crippen LogP contribution in [0.4, 0.5) is 4.79 Å². The van der Waals surface area contributed by atoms with Crippen LogP contribution in [0, 0.1) is 0 Å². The number of amides is 3. The number of pyridine rings is 1. The number of rotatable bonds is 1. The quantitative estimate of drug-likeness (QED) is 0.691. The summed E-state index contributed by atoms with van der Waals surface area (Å²) in [6.07, 6.45) is 3.06. The molecular formula is C15H20N4O4S. The highest BCUT2D eigenvalue weighted by Gasteiger charge is 2.49. The van der Waals surface area contributed by atoms with Crippen molar-refractivity contribution in [3.63, 3.8) is 0 Å². The Morgan fingerprint density at radius 3 is 2.21 bits per heavy atom. The Balaban J connectivity index is 1.90. The van der Waals surface area contributed by atoms with Crippen LogP contribution in [-0.2, 0) is 9.84 Å². The third kappa shape index (κ3) is 2.95. The lowest BCUT2D eigenvalue weighted by molar-refractivity contribution is 0.0393. The first kappa shape index (κ1) is 16.7. The molecule has 24 heavy (non-hydrogen) atoms. The van der Waals surface area contributed by atoms with Gasteiger partial charge in [-0.3, -0.25) is 9.78 Å². The molecule has 3 amide bonds. The maximum Gasteiger partial charge on any atom is 0.319 e. The second kappa shape index (κ2) is 6.04.